The first-order valence-electron chi connectivity index (χ1n) is 10.8. The van der Waals surface area contributed by atoms with Gasteiger partial charge in [0.25, 0.3) is 0 Å². The van der Waals surface area contributed by atoms with Crippen molar-refractivity contribution >= 4 is 23.3 Å². The van der Waals surface area contributed by atoms with Crippen LogP contribution in [0.5, 0.6) is 5.75 Å². The third kappa shape index (κ3) is 5.52. The van der Waals surface area contributed by atoms with Gasteiger partial charge >= 0.3 is 0 Å². The van der Waals surface area contributed by atoms with Crippen molar-refractivity contribution in [1.29, 1.82) is 5.26 Å². The first-order valence-corrected chi connectivity index (χ1v) is 11.2. The van der Waals surface area contributed by atoms with Gasteiger partial charge in [0.1, 0.15) is 11.8 Å². The number of amides is 1. The molecule has 2 aromatic rings. The van der Waals surface area contributed by atoms with Crippen molar-refractivity contribution in [2.45, 2.75) is 50.5 Å². The van der Waals surface area contributed by atoms with Crippen LogP contribution < -0.4 is 15.4 Å². The molecule has 8 heteroatoms. The standard InChI is InChI=1S/C23H26ClN5O2/c24-20-13-19(6-3-17(20)14-25)31-18-4-1-16(2-5-18)23(30)27-22-8-7-21(28-29-22)15-9-11-26-12-10-15/h3,6-8,13,15-16,18,26H,1-2,4-5,9-12H2,(H,27,29,30). The zero-order valence-corrected chi connectivity index (χ0v) is 18.1. The highest BCUT2D eigenvalue weighted by atomic mass is 35.5. The van der Waals surface area contributed by atoms with Crippen LogP contribution in [0.15, 0.2) is 30.3 Å². The van der Waals surface area contributed by atoms with E-state index in [1.165, 1.54) is 0 Å². The molecule has 2 heterocycles. The molecule has 1 aromatic heterocycles. The van der Waals surface area contributed by atoms with Crippen molar-refractivity contribution in [2.75, 3.05) is 18.4 Å². The molecule has 1 aliphatic heterocycles. The van der Waals surface area contributed by atoms with Gasteiger partial charge in [-0.1, -0.05) is 11.6 Å². The minimum absolute atomic E-state index is 0.0104. The van der Waals surface area contributed by atoms with Gasteiger partial charge in [-0.3, -0.25) is 4.79 Å². The van der Waals surface area contributed by atoms with Crippen LogP contribution in [0, 0.1) is 17.2 Å². The number of carbonyl (C=O) groups is 1. The first kappa shape index (κ1) is 21.5. The number of halogens is 1. The molecule has 1 saturated heterocycles. The van der Waals surface area contributed by atoms with E-state index in [2.05, 4.69) is 20.8 Å². The third-order valence-electron chi connectivity index (χ3n) is 6.10. The Kier molecular flexibility index (Phi) is 7.00. The average Bonchev–Trinajstić information content (AvgIpc) is 2.81. The van der Waals surface area contributed by atoms with Crippen molar-refractivity contribution in [1.82, 2.24) is 15.5 Å². The molecule has 162 valence electrons. The summed E-state index contributed by atoms with van der Waals surface area (Å²) in [4.78, 5) is 12.7. The maximum atomic E-state index is 12.7. The maximum Gasteiger partial charge on any atom is 0.228 e. The quantitative estimate of drug-likeness (QED) is 0.729. The molecule has 2 N–H and O–H groups in total. The molecule has 1 saturated carbocycles. The van der Waals surface area contributed by atoms with Crippen molar-refractivity contribution in [2.24, 2.45) is 5.92 Å². The summed E-state index contributed by atoms with van der Waals surface area (Å²) in [6.45, 7) is 2.02. The summed E-state index contributed by atoms with van der Waals surface area (Å²) in [5, 5.41) is 24.2. The Balaban J connectivity index is 1.25. The van der Waals surface area contributed by atoms with Gasteiger partial charge in [-0.15, -0.1) is 5.10 Å². The number of anilines is 1. The molecule has 4 rings (SSSR count). The smallest absolute Gasteiger partial charge is 0.228 e. The highest BCUT2D eigenvalue weighted by Crippen LogP contribution is 2.30. The third-order valence-corrected chi connectivity index (χ3v) is 6.42. The number of nitrogens with zero attached hydrogens (tertiary/aromatic N) is 3. The molecule has 0 spiro atoms. The van der Waals surface area contributed by atoms with Crippen LogP contribution in [0.1, 0.15) is 55.7 Å². The van der Waals surface area contributed by atoms with E-state index in [-0.39, 0.29) is 17.9 Å². The highest BCUT2D eigenvalue weighted by Gasteiger charge is 2.28. The van der Waals surface area contributed by atoms with E-state index in [1.54, 1.807) is 18.2 Å². The topological polar surface area (TPSA) is 99.9 Å². The van der Waals surface area contributed by atoms with Gasteiger partial charge in [0.05, 0.1) is 22.4 Å². The van der Waals surface area contributed by atoms with Gasteiger partial charge in [-0.25, -0.2) is 0 Å². The van der Waals surface area contributed by atoms with Crippen LogP contribution >= 0.6 is 11.6 Å². The Morgan fingerprint density at radius 2 is 1.87 bits per heavy atom. The molecule has 0 unspecified atom stereocenters. The molecule has 31 heavy (non-hydrogen) atoms. The Morgan fingerprint density at radius 1 is 1.10 bits per heavy atom. The molecule has 0 radical (unpaired) electrons. The van der Waals surface area contributed by atoms with E-state index in [1.807, 2.05) is 18.2 Å². The number of benzene rings is 1. The van der Waals surface area contributed by atoms with E-state index < -0.39 is 0 Å². The van der Waals surface area contributed by atoms with Gasteiger partial charge in [0.15, 0.2) is 5.82 Å². The summed E-state index contributed by atoms with van der Waals surface area (Å²) in [6.07, 6.45) is 5.26. The van der Waals surface area contributed by atoms with Gasteiger partial charge in [-0.05, 0) is 75.9 Å². The Bertz CT molecular complexity index is 945. The lowest BCUT2D eigenvalue weighted by Crippen LogP contribution is -2.31. The van der Waals surface area contributed by atoms with Gasteiger partial charge in [0, 0.05) is 17.9 Å². The zero-order valence-electron chi connectivity index (χ0n) is 17.3. The predicted molar refractivity (Wildman–Crippen MR) is 118 cm³/mol. The van der Waals surface area contributed by atoms with Crippen LogP contribution in [0.3, 0.4) is 0 Å². The summed E-state index contributed by atoms with van der Waals surface area (Å²) >= 11 is 6.07. The largest absolute Gasteiger partial charge is 0.490 e. The molecule has 1 aliphatic carbocycles. The lowest BCUT2D eigenvalue weighted by Gasteiger charge is -2.28. The first-order chi connectivity index (χ1) is 15.1. The summed E-state index contributed by atoms with van der Waals surface area (Å²) in [7, 11) is 0. The van der Waals surface area contributed by atoms with E-state index in [4.69, 9.17) is 21.6 Å². The van der Waals surface area contributed by atoms with Crippen LogP contribution in [0.4, 0.5) is 5.82 Å². The summed E-state index contributed by atoms with van der Waals surface area (Å²) in [5.41, 5.74) is 1.43. The predicted octanol–water partition coefficient (Wildman–Crippen LogP) is 4.04. The van der Waals surface area contributed by atoms with Crippen LogP contribution in [0.2, 0.25) is 5.02 Å². The summed E-state index contributed by atoms with van der Waals surface area (Å²) in [6, 6.07) is 11.0. The van der Waals surface area contributed by atoms with Crippen molar-refractivity contribution in [3.8, 4) is 11.8 Å². The van der Waals surface area contributed by atoms with E-state index >= 15 is 0 Å². The second-order valence-corrected chi connectivity index (χ2v) is 8.61. The number of rotatable bonds is 5. The number of carbonyl (C=O) groups excluding carboxylic acids is 1. The fraction of sp³-hybridized carbons (Fsp3) is 0.478. The molecule has 2 fully saturated rings. The second kappa shape index (κ2) is 10.1. The number of ether oxygens (including phenoxy) is 1. The number of aromatic nitrogens is 2. The molecule has 1 aromatic carbocycles. The number of nitrogens with one attached hydrogen (secondary N) is 2. The fourth-order valence-corrected chi connectivity index (χ4v) is 4.48. The van der Waals surface area contributed by atoms with Gasteiger partial charge in [0.2, 0.25) is 5.91 Å². The average molecular weight is 440 g/mol. The zero-order chi connectivity index (χ0) is 21.6. The molecule has 2 aliphatic rings. The number of nitriles is 1. The second-order valence-electron chi connectivity index (χ2n) is 8.20. The van der Waals surface area contributed by atoms with E-state index in [9.17, 15) is 4.79 Å². The molecule has 0 atom stereocenters. The summed E-state index contributed by atoms with van der Waals surface area (Å²) in [5.74, 6) is 1.54. The Morgan fingerprint density at radius 3 is 2.52 bits per heavy atom. The Labute approximate surface area is 187 Å². The van der Waals surface area contributed by atoms with Crippen molar-refractivity contribution in [3.63, 3.8) is 0 Å². The molecule has 0 bridgehead atoms. The lowest BCUT2D eigenvalue weighted by molar-refractivity contribution is -0.121. The highest BCUT2D eigenvalue weighted by molar-refractivity contribution is 6.31. The van der Waals surface area contributed by atoms with Crippen LogP contribution in [-0.4, -0.2) is 35.3 Å². The van der Waals surface area contributed by atoms with E-state index in [0.717, 1.165) is 57.3 Å². The SMILES string of the molecule is N#Cc1ccc(OC2CCC(C(=O)Nc3ccc(C4CCNCC4)nn3)CC2)cc1Cl. The minimum Gasteiger partial charge on any atom is -0.490 e. The van der Waals surface area contributed by atoms with Gasteiger partial charge < -0.3 is 15.4 Å². The molecular weight excluding hydrogens is 414 g/mol. The molecule has 7 nitrogen and oxygen atoms in total. The van der Waals surface area contributed by atoms with Crippen LogP contribution in [0.25, 0.3) is 0 Å². The summed E-state index contributed by atoms with van der Waals surface area (Å²) < 4.78 is 6.00. The molecular formula is C23H26ClN5O2. The lowest BCUT2D eigenvalue weighted by atomic mass is 9.86. The van der Waals surface area contributed by atoms with Crippen molar-refractivity contribution < 1.29 is 9.53 Å². The molecule has 1 amide bonds. The van der Waals surface area contributed by atoms with Crippen molar-refractivity contribution in [3.05, 3.63) is 46.6 Å². The minimum atomic E-state index is -0.0599. The van der Waals surface area contributed by atoms with Crippen LogP contribution in [-0.2, 0) is 4.79 Å². The van der Waals surface area contributed by atoms with Gasteiger partial charge in [-0.2, -0.15) is 10.4 Å². The fourth-order valence-electron chi connectivity index (χ4n) is 4.27. The number of hydrogen-bond acceptors (Lipinski definition) is 6. The number of hydrogen-bond donors (Lipinski definition) is 2. The normalized spacial score (nSPS) is 21.8. The Hall–Kier alpha value is -2.69. The van der Waals surface area contributed by atoms with E-state index in [0.29, 0.717) is 28.1 Å². The maximum absolute atomic E-state index is 12.7. The monoisotopic (exact) mass is 439 g/mol. The number of piperidine rings is 1.